The van der Waals surface area contributed by atoms with Gasteiger partial charge >= 0.3 is 0 Å². The average Bonchev–Trinajstić information content (AvgIpc) is 2.55. The van der Waals surface area contributed by atoms with Crippen LogP contribution in [0.25, 0.3) is 10.9 Å². The van der Waals surface area contributed by atoms with Gasteiger partial charge in [-0.25, -0.2) is 0 Å². The second-order valence-electron chi connectivity index (χ2n) is 6.14. The van der Waals surface area contributed by atoms with Crippen molar-refractivity contribution >= 4 is 10.9 Å². The smallest absolute Gasteiger partial charge is 0.119 e. The first-order valence-corrected chi connectivity index (χ1v) is 8.06. The van der Waals surface area contributed by atoms with E-state index in [1.54, 1.807) is 7.11 Å². The topological polar surface area (TPSA) is 54.4 Å². The molecule has 118 valence electrons. The Balaban J connectivity index is 1.74. The van der Waals surface area contributed by atoms with Crippen LogP contribution in [-0.2, 0) is 6.42 Å². The molecule has 1 fully saturated rings. The minimum Gasteiger partial charge on any atom is -0.497 e. The standard InChI is InChI=1S/C18H24N2O2/c1-22-16-2-3-18-17(12-16)14(6-9-20-18)11-15(21)10-13-4-7-19-8-5-13/h2-3,6,9,12-13,15,19,21H,4-5,7-8,10-11H2,1H3/t15-/m1/s1. The number of aliphatic hydroxyl groups is 1. The third kappa shape index (κ3) is 3.57. The first kappa shape index (κ1) is 15.3. The number of methoxy groups -OCH3 is 1. The highest BCUT2D eigenvalue weighted by atomic mass is 16.5. The van der Waals surface area contributed by atoms with Crippen molar-refractivity contribution in [2.24, 2.45) is 5.92 Å². The molecule has 2 heterocycles. The van der Waals surface area contributed by atoms with E-state index >= 15 is 0 Å². The number of pyridine rings is 1. The molecule has 0 spiro atoms. The SMILES string of the molecule is COc1ccc2nccc(C[C@H](O)CC3CCNCC3)c2c1. The molecule has 0 saturated carbocycles. The summed E-state index contributed by atoms with van der Waals surface area (Å²) in [6.45, 7) is 2.15. The van der Waals surface area contributed by atoms with Gasteiger partial charge in [0.05, 0.1) is 18.7 Å². The molecule has 0 amide bonds. The lowest BCUT2D eigenvalue weighted by atomic mass is 9.89. The molecule has 1 aliphatic rings. The van der Waals surface area contributed by atoms with E-state index in [1.807, 2.05) is 30.5 Å². The molecule has 1 aromatic heterocycles. The third-order valence-electron chi connectivity index (χ3n) is 4.56. The molecule has 0 bridgehead atoms. The van der Waals surface area contributed by atoms with Gasteiger partial charge in [-0.2, -0.15) is 0 Å². The largest absolute Gasteiger partial charge is 0.497 e. The Labute approximate surface area is 131 Å². The van der Waals surface area contributed by atoms with Gasteiger partial charge in [0.25, 0.3) is 0 Å². The van der Waals surface area contributed by atoms with Crippen LogP contribution in [0.4, 0.5) is 0 Å². The van der Waals surface area contributed by atoms with Crippen LogP contribution in [0.5, 0.6) is 5.75 Å². The lowest BCUT2D eigenvalue weighted by molar-refractivity contribution is 0.133. The zero-order valence-corrected chi connectivity index (χ0v) is 13.1. The van der Waals surface area contributed by atoms with Crippen LogP contribution in [0, 0.1) is 5.92 Å². The number of rotatable bonds is 5. The summed E-state index contributed by atoms with van der Waals surface area (Å²) in [7, 11) is 1.67. The number of nitrogens with one attached hydrogen (secondary N) is 1. The van der Waals surface area contributed by atoms with E-state index in [2.05, 4.69) is 10.3 Å². The quantitative estimate of drug-likeness (QED) is 0.891. The molecule has 4 heteroatoms. The zero-order valence-electron chi connectivity index (χ0n) is 13.1. The molecule has 2 N–H and O–H groups in total. The van der Waals surface area contributed by atoms with Gasteiger partial charge in [-0.3, -0.25) is 4.98 Å². The van der Waals surface area contributed by atoms with Crippen molar-refractivity contribution in [3.63, 3.8) is 0 Å². The van der Waals surface area contributed by atoms with Gasteiger partial charge in [0.1, 0.15) is 5.75 Å². The van der Waals surface area contributed by atoms with Gasteiger partial charge in [0.2, 0.25) is 0 Å². The monoisotopic (exact) mass is 300 g/mol. The lowest BCUT2D eigenvalue weighted by Gasteiger charge is -2.25. The van der Waals surface area contributed by atoms with Crippen molar-refractivity contribution in [1.82, 2.24) is 10.3 Å². The fraction of sp³-hybridized carbons (Fsp3) is 0.500. The van der Waals surface area contributed by atoms with Crippen LogP contribution in [0.2, 0.25) is 0 Å². The van der Waals surface area contributed by atoms with Gasteiger partial charge in [0.15, 0.2) is 0 Å². The van der Waals surface area contributed by atoms with Crippen molar-refractivity contribution in [2.75, 3.05) is 20.2 Å². The van der Waals surface area contributed by atoms with E-state index in [4.69, 9.17) is 4.74 Å². The van der Waals surface area contributed by atoms with Gasteiger partial charge < -0.3 is 15.2 Å². The molecular weight excluding hydrogens is 276 g/mol. The molecule has 22 heavy (non-hydrogen) atoms. The summed E-state index contributed by atoms with van der Waals surface area (Å²) in [6, 6.07) is 7.91. The Morgan fingerprint density at radius 3 is 2.91 bits per heavy atom. The van der Waals surface area contributed by atoms with Crippen molar-refractivity contribution < 1.29 is 9.84 Å². The summed E-state index contributed by atoms with van der Waals surface area (Å²) in [5, 5.41) is 14.9. The minimum atomic E-state index is -0.292. The summed E-state index contributed by atoms with van der Waals surface area (Å²) >= 11 is 0. The molecule has 1 aliphatic heterocycles. The highest BCUT2D eigenvalue weighted by Crippen LogP contribution is 2.25. The number of benzene rings is 1. The Bertz CT molecular complexity index is 624. The first-order chi connectivity index (χ1) is 10.8. The first-order valence-electron chi connectivity index (χ1n) is 8.06. The fourth-order valence-corrected chi connectivity index (χ4v) is 3.33. The van der Waals surface area contributed by atoms with Crippen molar-refractivity contribution in [3.8, 4) is 5.75 Å². The molecule has 1 saturated heterocycles. The zero-order chi connectivity index (χ0) is 15.4. The lowest BCUT2D eigenvalue weighted by Crippen LogP contribution is -2.30. The van der Waals surface area contributed by atoms with E-state index in [0.29, 0.717) is 12.3 Å². The molecule has 2 aromatic rings. The predicted molar refractivity (Wildman–Crippen MR) is 88.2 cm³/mol. The van der Waals surface area contributed by atoms with Gasteiger partial charge in [-0.1, -0.05) is 0 Å². The fourth-order valence-electron chi connectivity index (χ4n) is 3.33. The summed E-state index contributed by atoms with van der Waals surface area (Å²) in [4.78, 5) is 4.39. The van der Waals surface area contributed by atoms with Crippen LogP contribution in [0.3, 0.4) is 0 Å². The molecule has 4 nitrogen and oxygen atoms in total. The van der Waals surface area contributed by atoms with Gasteiger partial charge in [-0.05, 0) is 74.5 Å². The van der Waals surface area contributed by atoms with Crippen LogP contribution in [0.1, 0.15) is 24.8 Å². The number of hydrogen-bond donors (Lipinski definition) is 2. The predicted octanol–water partition coefficient (Wildman–Crippen LogP) is 2.54. The minimum absolute atomic E-state index is 0.292. The molecule has 0 radical (unpaired) electrons. The highest BCUT2D eigenvalue weighted by Gasteiger charge is 2.18. The molecule has 1 aromatic carbocycles. The van der Waals surface area contributed by atoms with Gasteiger partial charge in [-0.15, -0.1) is 0 Å². The highest BCUT2D eigenvalue weighted by molar-refractivity contribution is 5.83. The second-order valence-corrected chi connectivity index (χ2v) is 6.14. The number of hydrogen-bond acceptors (Lipinski definition) is 4. The van der Waals surface area contributed by atoms with Crippen LogP contribution >= 0.6 is 0 Å². The Hall–Kier alpha value is -1.65. The Morgan fingerprint density at radius 1 is 1.32 bits per heavy atom. The number of ether oxygens (including phenoxy) is 1. The third-order valence-corrected chi connectivity index (χ3v) is 4.56. The number of piperidine rings is 1. The van der Waals surface area contributed by atoms with E-state index in [0.717, 1.165) is 41.7 Å². The number of fused-ring (bicyclic) bond motifs is 1. The van der Waals surface area contributed by atoms with E-state index in [1.165, 1.54) is 12.8 Å². The molecule has 0 unspecified atom stereocenters. The van der Waals surface area contributed by atoms with Gasteiger partial charge in [0, 0.05) is 11.6 Å². The van der Waals surface area contributed by atoms with Crippen LogP contribution in [-0.4, -0.2) is 36.4 Å². The molecule has 1 atom stereocenters. The molecular formula is C18H24N2O2. The normalized spacial score (nSPS) is 17.5. The van der Waals surface area contributed by atoms with Crippen LogP contribution < -0.4 is 10.1 Å². The average molecular weight is 300 g/mol. The maximum atomic E-state index is 10.5. The maximum Gasteiger partial charge on any atom is 0.119 e. The number of aromatic nitrogens is 1. The van der Waals surface area contributed by atoms with Crippen molar-refractivity contribution in [1.29, 1.82) is 0 Å². The van der Waals surface area contributed by atoms with Crippen molar-refractivity contribution in [3.05, 3.63) is 36.0 Å². The summed E-state index contributed by atoms with van der Waals surface area (Å²) < 4.78 is 5.31. The van der Waals surface area contributed by atoms with E-state index < -0.39 is 0 Å². The number of nitrogens with zero attached hydrogens (tertiary/aromatic N) is 1. The van der Waals surface area contributed by atoms with Crippen LogP contribution in [0.15, 0.2) is 30.5 Å². The van der Waals surface area contributed by atoms with E-state index in [-0.39, 0.29) is 6.10 Å². The Morgan fingerprint density at radius 2 is 2.14 bits per heavy atom. The number of aliphatic hydroxyl groups excluding tert-OH is 1. The molecule has 3 rings (SSSR count). The van der Waals surface area contributed by atoms with Crippen molar-refractivity contribution in [2.45, 2.75) is 31.8 Å². The Kier molecular flexibility index (Phi) is 4.90. The second kappa shape index (κ2) is 7.07. The maximum absolute atomic E-state index is 10.5. The molecule has 0 aliphatic carbocycles. The summed E-state index contributed by atoms with van der Waals surface area (Å²) in [5.74, 6) is 1.47. The van der Waals surface area contributed by atoms with E-state index in [9.17, 15) is 5.11 Å². The summed E-state index contributed by atoms with van der Waals surface area (Å²) in [5.41, 5.74) is 2.10. The summed E-state index contributed by atoms with van der Waals surface area (Å²) in [6.07, 6.45) is 5.43.